The molecule has 2 heterocycles. The fourth-order valence-electron chi connectivity index (χ4n) is 6.88. The summed E-state index contributed by atoms with van der Waals surface area (Å²) >= 11 is 0. The molecule has 4 nitrogen and oxygen atoms in total. The van der Waals surface area contributed by atoms with E-state index in [9.17, 15) is 0 Å². The third kappa shape index (κ3) is 5.01. The molecule has 2 aliphatic heterocycles. The van der Waals surface area contributed by atoms with E-state index in [2.05, 4.69) is 60.7 Å². The van der Waals surface area contributed by atoms with Crippen LogP contribution in [0.15, 0.2) is 70.6 Å². The first-order chi connectivity index (χ1) is 17.3. The first kappa shape index (κ1) is 25.5. The van der Waals surface area contributed by atoms with Crippen LogP contribution in [0.5, 0.6) is 0 Å². The molecule has 0 N–H and O–H groups in total. The average molecular weight is 529 g/mol. The van der Waals surface area contributed by atoms with Crippen LogP contribution in [0.2, 0.25) is 0 Å². The van der Waals surface area contributed by atoms with Crippen LogP contribution >= 0.6 is 0 Å². The van der Waals surface area contributed by atoms with Crippen molar-refractivity contribution in [2.75, 3.05) is 0 Å². The van der Waals surface area contributed by atoms with Gasteiger partial charge in [-0.3, -0.25) is 0 Å². The molecule has 5 heteroatoms. The monoisotopic (exact) mass is 528 g/mol. The molecular formula is C31H38N2NiO2. The van der Waals surface area contributed by atoms with Crippen LogP contribution in [0.1, 0.15) is 107 Å². The van der Waals surface area contributed by atoms with Crippen LogP contribution in [-0.4, -0.2) is 23.0 Å². The van der Waals surface area contributed by atoms with Gasteiger partial charge in [0.15, 0.2) is 11.8 Å². The number of aliphatic imine (C=N–C) groups is 2. The summed E-state index contributed by atoms with van der Waals surface area (Å²) in [6.45, 7) is 0. The molecule has 4 aliphatic rings. The molecule has 2 fully saturated rings. The van der Waals surface area contributed by atoms with Crippen LogP contribution in [-0.2, 0) is 26.0 Å². The van der Waals surface area contributed by atoms with Gasteiger partial charge in [0.1, 0.15) is 23.3 Å². The van der Waals surface area contributed by atoms with Crippen molar-refractivity contribution in [1.82, 2.24) is 0 Å². The zero-order chi connectivity index (χ0) is 23.6. The predicted molar refractivity (Wildman–Crippen MR) is 141 cm³/mol. The van der Waals surface area contributed by atoms with E-state index in [4.69, 9.17) is 19.5 Å². The summed E-state index contributed by atoms with van der Waals surface area (Å²) in [7, 11) is 0. The van der Waals surface area contributed by atoms with Crippen LogP contribution < -0.4 is 0 Å². The molecule has 2 aromatic rings. The topological polar surface area (TPSA) is 43.2 Å². The summed E-state index contributed by atoms with van der Waals surface area (Å²) < 4.78 is 13.7. The van der Waals surface area contributed by atoms with Crippen molar-refractivity contribution >= 4 is 11.8 Å². The smallest absolute Gasteiger partial charge is 0.194 e. The molecule has 6 rings (SSSR count). The molecule has 2 atom stereocenters. The summed E-state index contributed by atoms with van der Waals surface area (Å²) in [6.07, 6.45) is 14.9. The molecule has 2 aromatic carbocycles. The molecule has 2 spiro atoms. The molecule has 0 bridgehead atoms. The fourth-order valence-corrected chi connectivity index (χ4v) is 6.88. The Morgan fingerprint density at radius 3 is 1.28 bits per heavy atom. The summed E-state index contributed by atoms with van der Waals surface area (Å²) in [4.78, 5) is 10.4. The van der Waals surface area contributed by atoms with Gasteiger partial charge in [-0.15, -0.1) is 0 Å². The zero-order valence-electron chi connectivity index (χ0n) is 21.1. The van der Waals surface area contributed by atoms with Crippen molar-refractivity contribution in [1.29, 1.82) is 0 Å². The van der Waals surface area contributed by atoms with E-state index < -0.39 is 0 Å². The quantitative estimate of drug-likeness (QED) is 0.378. The van der Waals surface area contributed by atoms with Gasteiger partial charge < -0.3 is 9.47 Å². The normalized spacial score (nSPS) is 26.7. The average Bonchev–Trinajstić information content (AvgIpc) is 3.18. The second-order valence-electron chi connectivity index (χ2n) is 11.0. The maximum absolute atomic E-state index is 6.83. The minimum Gasteiger partial charge on any atom is -0.471 e. The van der Waals surface area contributed by atoms with Crippen molar-refractivity contribution in [2.24, 2.45) is 9.98 Å². The minimum absolute atomic E-state index is 0. The SMILES string of the molecule is [Ni].c1ccc([C@H]2N=C(CC3=N[C@H](c4ccccc4)C4(CCCCCC4)O3)OC23CCCCCC3)cc1. The number of rotatable bonds is 4. The molecule has 2 aliphatic carbocycles. The van der Waals surface area contributed by atoms with Gasteiger partial charge in [0, 0.05) is 16.5 Å². The minimum atomic E-state index is -0.217. The van der Waals surface area contributed by atoms with Gasteiger partial charge in [0.05, 0.1) is 6.42 Å². The number of nitrogens with zero attached hydrogens (tertiary/aromatic N) is 2. The Morgan fingerprint density at radius 2 is 0.917 bits per heavy atom. The van der Waals surface area contributed by atoms with Gasteiger partial charge in [-0.25, -0.2) is 9.98 Å². The van der Waals surface area contributed by atoms with Crippen LogP contribution in [0.3, 0.4) is 0 Å². The second-order valence-corrected chi connectivity index (χ2v) is 11.0. The van der Waals surface area contributed by atoms with Gasteiger partial charge in [0.2, 0.25) is 0 Å². The number of ether oxygens (including phenoxy) is 2. The molecule has 0 amide bonds. The molecule has 0 radical (unpaired) electrons. The van der Waals surface area contributed by atoms with Crippen LogP contribution in [0.4, 0.5) is 0 Å². The largest absolute Gasteiger partial charge is 0.471 e. The van der Waals surface area contributed by atoms with Gasteiger partial charge in [0.25, 0.3) is 0 Å². The van der Waals surface area contributed by atoms with Gasteiger partial charge in [-0.1, -0.05) is 86.3 Å². The summed E-state index contributed by atoms with van der Waals surface area (Å²) in [6, 6.07) is 21.6. The third-order valence-corrected chi connectivity index (χ3v) is 8.62. The fraction of sp³-hybridized carbons (Fsp3) is 0.548. The van der Waals surface area contributed by atoms with Crippen molar-refractivity contribution in [3.05, 3.63) is 71.8 Å². The number of benzene rings is 2. The first-order valence-electron chi connectivity index (χ1n) is 13.9. The maximum Gasteiger partial charge on any atom is 0.194 e. The summed E-state index contributed by atoms with van der Waals surface area (Å²) in [5.41, 5.74) is 2.10. The maximum atomic E-state index is 6.83. The number of hydrogen-bond acceptors (Lipinski definition) is 4. The van der Waals surface area contributed by atoms with Crippen molar-refractivity contribution in [3.8, 4) is 0 Å². The van der Waals surface area contributed by atoms with E-state index in [0.29, 0.717) is 6.42 Å². The Morgan fingerprint density at radius 1 is 0.556 bits per heavy atom. The van der Waals surface area contributed by atoms with E-state index >= 15 is 0 Å². The van der Waals surface area contributed by atoms with Gasteiger partial charge in [-0.05, 0) is 62.5 Å². The van der Waals surface area contributed by atoms with Crippen molar-refractivity contribution in [2.45, 2.75) is 107 Å². The van der Waals surface area contributed by atoms with Crippen LogP contribution in [0.25, 0.3) is 0 Å². The Labute approximate surface area is 225 Å². The third-order valence-electron chi connectivity index (χ3n) is 8.62. The number of hydrogen-bond donors (Lipinski definition) is 0. The Hall–Kier alpha value is -2.13. The molecule has 2 saturated carbocycles. The Kier molecular flexibility index (Phi) is 7.86. The van der Waals surface area contributed by atoms with E-state index in [-0.39, 0.29) is 39.8 Å². The van der Waals surface area contributed by atoms with E-state index in [0.717, 1.165) is 37.5 Å². The summed E-state index contributed by atoms with van der Waals surface area (Å²) in [5.74, 6) is 1.63. The molecule has 36 heavy (non-hydrogen) atoms. The van der Waals surface area contributed by atoms with Crippen molar-refractivity contribution in [3.63, 3.8) is 0 Å². The van der Waals surface area contributed by atoms with E-state index in [1.165, 1.54) is 62.5 Å². The molecule has 0 aromatic heterocycles. The van der Waals surface area contributed by atoms with Crippen molar-refractivity contribution < 1.29 is 26.0 Å². The summed E-state index contributed by atoms with van der Waals surface area (Å²) in [5, 5.41) is 0. The predicted octanol–water partition coefficient (Wildman–Crippen LogP) is 7.90. The van der Waals surface area contributed by atoms with E-state index in [1.54, 1.807) is 0 Å². The van der Waals surface area contributed by atoms with Gasteiger partial charge >= 0.3 is 0 Å². The first-order valence-corrected chi connectivity index (χ1v) is 13.9. The zero-order valence-corrected chi connectivity index (χ0v) is 22.1. The molecule has 194 valence electrons. The Balaban J connectivity index is 0.00000267. The standard InChI is InChI=1S/C31H38N2O2.Ni/c1-2-12-20-30(19-11-1)28(24-15-7-5-8-16-24)32-26(34-30)23-27-33-29(25-17-9-6-10-18-25)31(35-27)21-13-3-4-14-22-31;/h5-10,15-18,28-29H,1-4,11-14,19-23H2;/t28-,29-;/m1./s1. The molecular weight excluding hydrogens is 491 g/mol. The van der Waals surface area contributed by atoms with Crippen LogP contribution in [0, 0.1) is 0 Å². The Bertz CT molecular complexity index is 967. The second kappa shape index (κ2) is 11.1. The van der Waals surface area contributed by atoms with E-state index in [1.807, 2.05) is 0 Å². The molecule has 0 saturated heterocycles. The molecule has 0 unspecified atom stereocenters. The van der Waals surface area contributed by atoms with Gasteiger partial charge in [-0.2, -0.15) is 0 Å².